The fraction of sp³-hybridized carbons (Fsp3) is 0. The average molecular weight is 217 g/mol. The van der Waals surface area contributed by atoms with Crippen molar-refractivity contribution in [2.24, 2.45) is 0 Å². The predicted molar refractivity (Wildman–Crippen MR) is 59.5 cm³/mol. The second-order valence-electron chi connectivity index (χ2n) is 2.93. The third kappa shape index (κ3) is 2.67. The van der Waals surface area contributed by atoms with Crippen LogP contribution >= 0.6 is 12.0 Å². The monoisotopic (exact) mass is 217 g/mol. The molecule has 1 radical (unpaired) electrons. The Morgan fingerprint density at radius 3 is 2.27 bits per heavy atom. The molecule has 2 aromatic carbocycles. The van der Waals surface area contributed by atoms with E-state index < -0.39 is 0 Å². The fourth-order valence-corrected chi connectivity index (χ4v) is 1.67. The molecule has 0 saturated carbocycles. The molecule has 0 saturated heterocycles. The van der Waals surface area contributed by atoms with Gasteiger partial charge in [0.15, 0.2) is 5.75 Å². The molecule has 0 aliphatic heterocycles. The van der Waals surface area contributed by atoms with Crippen LogP contribution in [0, 0.1) is 0 Å². The van der Waals surface area contributed by atoms with Gasteiger partial charge in [-0.1, -0.05) is 30.3 Å². The van der Waals surface area contributed by atoms with Crippen molar-refractivity contribution in [2.45, 2.75) is 4.90 Å². The van der Waals surface area contributed by atoms with Crippen molar-refractivity contribution in [1.82, 2.24) is 0 Å². The molecule has 0 bridgehead atoms. The highest BCUT2D eigenvalue weighted by atomic mass is 32.2. The van der Waals surface area contributed by atoms with Crippen LogP contribution in [0.4, 0.5) is 0 Å². The molecule has 0 N–H and O–H groups in total. The van der Waals surface area contributed by atoms with E-state index in [9.17, 15) is 5.11 Å². The molecule has 0 atom stereocenters. The molecule has 0 amide bonds. The van der Waals surface area contributed by atoms with Gasteiger partial charge in [0.1, 0.15) is 5.75 Å². The van der Waals surface area contributed by atoms with Gasteiger partial charge in [-0.05, 0) is 24.3 Å². The maximum absolute atomic E-state index is 11.3. The molecule has 0 spiro atoms. The van der Waals surface area contributed by atoms with Crippen molar-refractivity contribution >= 4 is 12.0 Å². The Labute approximate surface area is 92.7 Å². The second kappa shape index (κ2) is 4.75. The minimum absolute atomic E-state index is 0.0153. The van der Waals surface area contributed by atoms with Crippen LogP contribution in [0.3, 0.4) is 0 Å². The van der Waals surface area contributed by atoms with Crippen molar-refractivity contribution in [3.63, 3.8) is 0 Å². The Hall–Kier alpha value is -1.61. The summed E-state index contributed by atoms with van der Waals surface area (Å²) < 4.78 is 5.39. The van der Waals surface area contributed by atoms with E-state index >= 15 is 0 Å². The van der Waals surface area contributed by atoms with Gasteiger partial charge in [-0.3, -0.25) is 5.11 Å². The molecule has 2 aromatic rings. The summed E-state index contributed by atoms with van der Waals surface area (Å²) in [4.78, 5) is 0.598. The molecule has 2 rings (SSSR count). The lowest BCUT2D eigenvalue weighted by Gasteiger charge is -2.03. The normalized spacial score (nSPS) is 9.87. The molecule has 15 heavy (non-hydrogen) atoms. The quantitative estimate of drug-likeness (QED) is 0.729. The van der Waals surface area contributed by atoms with E-state index in [4.69, 9.17) is 4.18 Å². The summed E-state index contributed by atoms with van der Waals surface area (Å²) in [6.07, 6.45) is 0. The SMILES string of the molecule is [O]c1ccccc1SOc1ccccc1. The van der Waals surface area contributed by atoms with E-state index in [0.29, 0.717) is 4.90 Å². The zero-order valence-corrected chi connectivity index (χ0v) is 8.74. The van der Waals surface area contributed by atoms with Crippen LogP contribution in [0.25, 0.3) is 0 Å². The minimum atomic E-state index is -0.0153. The molecule has 0 unspecified atom stereocenters. The third-order valence-electron chi connectivity index (χ3n) is 1.82. The summed E-state index contributed by atoms with van der Waals surface area (Å²) in [5.41, 5.74) is 0. The lowest BCUT2D eigenvalue weighted by molar-refractivity contribution is 0.344. The maximum atomic E-state index is 11.3. The van der Waals surface area contributed by atoms with Gasteiger partial charge in [0, 0.05) is 0 Å². The second-order valence-corrected chi connectivity index (χ2v) is 3.70. The highest BCUT2D eigenvalue weighted by molar-refractivity contribution is 7.95. The minimum Gasteiger partial charge on any atom is -0.421 e. The van der Waals surface area contributed by atoms with Crippen LogP contribution < -0.4 is 4.18 Å². The smallest absolute Gasteiger partial charge is 0.195 e. The van der Waals surface area contributed by atoms with Gasteiger partial charge in [-0.2, -0.15) is 0 Å². The first-order valence-electron chi connectivity index (χ1n) is 4.52. The lowest BCUT2D eigenvalue weighted by Crippen LogP contribution is -1.81. The molecule has 0 aliphatic rings. The first kappa shape index (κ1) is 9.93. The molecule has 75 valence electrons. The predicted octanol–water partition coefficient (Wildman–Crippen LogP) is 3.92. The van der Waals surface area contributed by atoms with E-state index in [0.717, 1.165) is 17.8 Å². The van der Waals surface area contributed by atoms with Crippen LogP contribution in [-0.4, -0.2) is 0 Å². The van der Waals surface area contributed by atoms with Gasteiger partial charge < -0.3 is 4.18 Å². The number of hydrogen-bond acceptors (Lipinski definition) is 2. The summed E-state index contributed by atoms with van der Waals surface area (Å²) in [5, 5.41) is 11.3. The topological polar surface area (TPSA) is 29.1 Å². The highest BCUT2D eigenvalue weighted by Gasteiger charge is 2.03. The van der Waals surface area contributed by atoms with E-state index in [2.05, 4.69) is 0 Å². The average Bonchev–Trinajstić information content (AvgIpc) is 2.29. The first-order chi connectivity index (χ1) is 7.36. The van der Waals surface area contributed by atoms with Crippen LogP contribution in [0.2, 0.25) is 0 Å². The zero-order chi connectivity index (χ0) is 10.5. The highest BCUT2D eigenvalue weighted by Crippen LogP contribution is 2.30. The molecular formula is C12H9O2S. The number of rotatable bonds is 3. The summed E-state index contributed by atoms with van der Waals surface area (Å²) in [6, 6.07) is 16.2. The van der Waals surface area contributed by atoms with Crippen molar-refractivity contribution in [3.05, 3.63) is 54.6 Å². The van der Waals surface area contributed by atoms with E-state index in [1.807, 2.05) is 36.4 Å². The van der Waals surface area contributed by atoms with E-state index in [-0.39, 0.29) is 5.75 Å². The standard InChI is InChI=1S/C12H9O2S/c13-11-8-4-5-9-12(11)15-14-10-6-2-1-3-7-10/h1-9H. The van der Waals surface area contributed by atoms with Crippen molar-refractivity contribution in [1.29, 1.82) is 0 Å². The Morgan fingerprint density at radius 2 is 1.53 bits per heavy atom. The van der Waals surface area contributed by atoms with Crippen molar-refractivity contribution in [3.8, 4) is 11.5 Å². The van der Waals surface area contributed by atoms with Gasteiger partial charge in [0.05, 0.1) is 16.9 Å². The number of hydrogen-bond donors (Lipinski definition) is 0. The Morgan fingerprint density at radius 1 is 0.867 bits per heavy atom. The Kier molecular flexibility index (Phi) is 3.15. The largest absolute Gasteiger partial charge is 0.421 e. The molecule has 2 nitrogen and oxygen atoms in total. The van der Waals surface area contributed by atoms with E-state index in [1.54, 1.807) is 12.1 Å². The molecule has 0 aliphatic carbocycles. The van der Waals surface area contributed by atoms with Crippen molar-refractivity contribution in [2.75, 3.05) is 0 Å². The maximum Gasteiger partial charge on any atom is 0.195 e. The van der Waals surface area contributed by atoms with Crippen LogP contribution in [0.1, 0.15) is 0 Å². The summed E-state index contributed by atoms with van der Waals surface area (Å²) in [7, 11) is 0. The zero-order valence-electron chi connectivity index (χ0n) is 7.92. The molecular weight excluding hydrogens is 208 g/mol. The van der Waals surface area contributed by atoms with Crippen molar-refractivity contribution < 1.29 is 9.29 Å². The summed E-state index contributed by atoms with van der Waals surface area (Å²) >= 11 is 1.09. The van der Waals surface area contributed by atoms with Gasteiger partial charge in [0.25, 0.3) is 0 Å². The third-order valence-corrected chi connectivity index (χ3v) is 2.61. The summed E-state index contributed by atoms with van der Waals surface area (Å²) in [6.45, 7) is 0. The Balaban J connectivity index is 2.03. The summed E-state index contributed by atoms with van der Waals surface area (Å²) in [5.74, 6) is 0.726. The molecule has 0 heterocycles. The van der Waals surface area contributed by atoms with Crippen LogP contribution in [0.5, 0.6) is 11.5 Å². The Bertz CT molecular complexity index is 429. The van der Waals surface area contributed by atoms with Gasteiger partial charge >= 0.3 is 0 Å². The van der Waals surface area contributed by atoms with E-state index in [1.165, 1.54) is 6.07 Å². The molecule has 0 fully saturated rings. The fourth-order valence-electron chi connectivity index (χ4n) is 1.09. The lowest BCUT2D eigenvalue weighted by atomic mass is 10.3. The van der Waals surface area contributed by atoms with Gasteiger partial charge in [-0.15, -0.1) is 0 Å². The van der Waals surface area contributed by atoms with Crippen LogP contribution in [0.15, 0.2) is 59.5 Å². The molecule has 0 aromatic heterocycles. The number of para-hydroxylation sites is 2. The van der Waals surface area contributed by atoms with Gasteiger partial charge in [0.2, 0.25) is 0 Å². The molecule has 3 heteroatoms. The first-order valence-corrected chi connectivity index (χ1v) is 5.26. The van der Waals surface area contributed by atoms with Crippen LogP contribution in [-0.2, 0) is 5.11 Å². The van der Waals surface area contributed by atoms with Gasteiger partial charge in [-0.25, -0.2) is 0 Å². The number of benzene rings is 2.